The molecule has 150 valence electrons. The van der Waals surface area contributed by atoms with Gasteiger partial charge in [-0.3, -0.25) is 0 Å². The zero-order chi connectivity index (χ0) is 20.1. The Kier molecular flexibility index (Phi) is 7.61. The SMILES string of the molecule is C=C1CN(C(=O)OC(C)(C)C)CCC1CC(O)C(OC)(OC)C(=O)OC. The fourth-order valence-electron chi connectivity index (χ4n) is 2.96. The summed E-state index contributed by atoms with van der Waals surface area (Å²) >= 11 is 0. The molecule has 0 saturated carbocycles. The van der Waals surface area contributed by atoms with Crippen LogP contribution < -0.4 is 0 Å². The molecule has 1 saturated heterocycles. The molecule has 0 aliphatic carbocycles. The smallest absolute Gasteiger partial charge is 0.410 e. The molecule has 26 heavy (non-hydrogen) atoms. The molecule has 0 spiro atoms. The van der Waals surface area contributed by atoms with Crippen LogP contribution in [0.3, 0.4) is 0 Å². The molecule has 0 bridgehead atoms. The van der Waals surface area contributed by atoms with E-state index in [2.05, 4.69) is 11.3 Å². The van der Waals surface area contributed by atoms with Crippen molar-refractivity contribution in [3.05, 3.63) is 12.2 Å². The van der Waals surface area contributed by atoms with Crippen LogP contribution in [-0.4, -0.2) is 74.0 Å². The Morgan fingerprint density at radius 2 is 1.85 bits per heavy atom. The zero-order valence-corrected chi connectivity index (χ0v) is 16.5. The van der Waals surface area contributed by atoms with Gasteiger partial charge in [0, 0.05) is 27.3 Å². The average Bonchev–Trinajstić information content (AvgIpc) is 2.56. The van der Waals surface area contributed by atoms with E-state index in [1.165, 1.54) is 21.3 Å². The molecule has 2 unspecified atom stereocenters. The lowest BCUT2D eigenvalue weighted by atomic mass is 9.85. The van der Waals surface area contributed by atoms with Gasteiger partial charge in [-0.05, 0) is 39.5 Å². The van der Waals surface area contributed by atoms with Gasteiger partial charge in [-0.25, -0.2) is 9.59 Å². The number of hydrogen-bond donors (Lipinski definition) is 1. The van der Waals surface area contributed by atoms with Crippen molar-refractivity contribution >= 4 is 12.1 Å². The van der Waals surface area contributed by atoms with Crippen LogP contribution in [-0.2, 0) is 23.7 Å². The number of amides is 1. The molecule has 8 nitrogen and oxygen atoms in total. The van der Waals surface area contributed by atoms with Crippen molar-refractivity contribution in [1.82, 2.24) is 4.90 Å². The van der Waals surface area contributed by atoms with Crippen LogP contribution in [0.1, 0.15) is 33.6 Å². The fraction of sp³-hybridized carbons (Fsp3) is 0.778. The van der Waals surface area contributed by atoms with Crippen molar-refractivity contribution in [2.45, 2.75) is 51.1 Å². The third kappa shape index (κ3) is 5.18. The van der Waals surface area contributed by atoms with Gasteiger partial charge in [-0.2, -0.15) is 0 Å². The normalized spacial score (nSPS) is 19.9. The molecule has 1 heterocycles. The van der Waals surface area contributed by atoms with E-state index >= 15 is 0 Å². The van der Waals surface area contributed by atoms with Gasteiger partial charge in [0.2, 0.25) is 0 Å². The molecular formula is C18H31NO7. The molecule has 1 fully saturated rings. The molecule has 1 N–H and O–H groups in total. The maximum absolute atomic E-state index is 12.2. The van der Waals surface area contributed by atoms with Gasteiger partial charge in [0.1, 0.15) is 11.7 Å². The predicted octanol–water partition coefficient (Wildman–Crippen LogP) is 1.71. The summed E-state index contributed by atoms with van der Waals surface area (Å²) in [6.45, 7) is 10.2. The first-order chi connectivity index (χ1) is 12.0. The van der Waals surface area contributed by atoms with E-state index in [4.69, 9.17) is 14.2 Å². The number of aliphatic hydroxyl groups excluding tert-OH is 1. The predicted molar refractivity (Wildman–Crippen MR) is 94.4 cm³/mol. The summed E-state index contributed by atoms with van der Waals surface area (Å²) in [5, 5.41) is 10.6. The lowest BCUT2D eigenvalue weighted by molar-refractivity contribution is -0.263. The van der Waals surface area contributed by atoms with Gasteiger partial charge >= 0.3 is 12.1 Å². The molecule has 1 rings (SSSR count). The number of methoxy groups -OCH3 is 3. The Hall–Kier alpha value is -1.64. The number of esters is 1. The second-order valence-electron chi connectivity index (χ2n) is 7.36. The van der Waals surface area contributed by atoms with E-state index in [1.807, 2.05) is 20.8 Å². The summed E-state index contributed by atoms with van der Waals surface area (Å²) < 4.78 is 20.3. The Bertz CT molecular complexity index is 522. The van der Waals surface area contributed by atoms with Crippen LogP contribution in [0.15, 0.2) is 12.2 Å². The van der Waals surface area contributed by atoms with Crippen LogP contribution >= 0.6 is 0 Å². The summed E-state index contributed by atoms with van der Waals surface area (Å²) in [7, 11) is 3.73. The first-order valence-corrected chi connectivity index (χ1v) is 8.53. The fourth-order valence-corrected chi connectivity index (χ4v) is 2.96. The lowest BCUT2D eigenvalue weighted by Crippen LogP contribution is -2.54. The van der Waals surface area contributed by atoms with Crippen LogP contribution in [0, 0.1) is 5.92 Å². The van der Waals surface area contributed by atoms with Gasteiger partial charge in [0.25, 0.3) is 5.79 Å². The molecule has 1 aliphatic heterocycles. The van der Waals surface area contributed by atoms with Crippen LogP contribution in [0.25, 0.3) is 0 Å². The Balaban J connectivity index is 2.75. The number of ether oxygens (including phenoxy) is 4. The number of nitrogens with zero attached hydrogens (tertiary/aromatic N) is 1. The molecule has 1 aliphatic rings. The standard InChI is InChI=1S/C18H31NO7/c1-12-11-19(16(22)26-17(2,3)4)9-8-13(12)10-14(20)18(24-6,25-7)15(21)23-5/h13-14,20H,1,8-11H2,2-7H3. The minimum absolute atomic E-state index is 0.0991. The molecule has 8 heteroatoms. The highest BCUT2D eigenvalue weighted by molar-refractivity contribution is 5.78. The maximum Gasteiger partial charge on any atom is 0.410 e. The Morgan fingerprint density at radius 1 is 1.27 bits per heavy atom. The van der Waals surface area contributed by atoms with Crippen molar-refractivity contribution in [2.24, 2.45) is 5.92 Å². The molecule has 0 aromatic carbocycles. The third-order valence-corrected chi connectivity index (χ3v) is 4.39. The van der Waals surface area contributed by atoms with Crippen LogP contribution in [0.4, 0.5) is 4.79 Å². The van der Waals surface area contributed by atoms with Gasteiger partial charge in [-0.1, -0.05) is 12.2 Å². The summed E-state index contributed by atoms with van der Waals surface area (Å²) in [4.78, 5) is 25.8. The van der Waals surface area contributed by atoms with Gasteiger partial charge in [0.05, 0.1) is 7.11 Å². The number of likely N-dealkylation sites (tertiary alicyclic amines) is 1. The van der Waals surface area contributed by atoms with E-state index in [-0.39, 0.29) is 12.3 Å². The lowest BCUT2D eigenvalue weighted by Gasteiger charge is -2.38. The number of rotatable bonds is 6. The molecule has 2 atom stereocenters. The number of carbonyl (C=O) groups excluding carboxylic acids is 2. The minimum atomic E-state index is -1.89. The zero-order valence-electron chi connectivity index (χ0n) is 16.5. The number of carbonyl (C=O) groups is 2. The summed E-state index contributed by atoms with van der Waals surface area (Å²) in [5.41, 5.74) is 0.204. The molecular weight excluding hydrogens is 342 g/mol. The van der Waals surface area contributed by atoms with Gasteiger partial charge < -0.3 is 29.0 Å². The maximum atomic E-state index is 12.2. The average molecular weight is 373 g/mol. The minimum Gasteiger partial charge on any atom is -0.465 e. The molecule has 0 radical (unpaired) electrons. The first kappa shape index (κ1) is 22.4. The number of piperidine rings is 1. The number of aliphatic hydroxyl groups is 1. The highest BCUT2D eigenvalue weighted by Crippen LogP contribution is 2.31. The van der Waals surface area contributed by atoms with E-state index in [1.54, 1.807) is 4.90 Å². The topological polar surface area (TPSA) is 94.5 Å². The van der Waals surface area contributed by atoms with Crippen LogP contribution in [0.5, 0.6) is 0 Å². The van der Waals surface area contributed by atoms with Gasteiger partial charge in [-0.15, -0.1) is 0 Å². The van der Waals surface area contributed by atoms with Crippen LogP contribution in [0.2, 0.25) is 0 Å². The second kappa shape index (κ2) is 8.83. The van der Waals surface area contributed by atoms with E-state index in [9.17, 15) is 14.7 Å². The Labute approximate surface area is 155 Å². The van der Waals surface area contributed by atoms with E-state index in [0.29, 0.717) is 19.5 Å². The number of hydrogen-bond acceptors (Lipinski definition) is 7. The van der Waals surface area contributed by atoms with E-state index < -0.39 is 29.6 Å². The summed E-state index contributed by atoms with van der Waals surface area (Å²) in [5.74, 6) is -2.80. The van der Waals surface area contributed by atoms with Crippen molar-refractivity contribution in [3.63, 3.8) is 0 Å². The van der Waals surface area contributed by atoms with Crippen molar-refractivity contribution in [1.29, 1.82) is 0 Å². The monoisotopic (exact) mass is 373 g/mol. The van der Waals surface area contributed by atoms with Crippen molar-refractivity contribution < 1.29 is 33.6 Å². The Morgan fingerprint density at radius 3 is 2.27 bits per heavy atom. The highest BCUT2D eigenvalue weighted by Gasteiger charge is 2.49. The van der Waals surface area contributed by atoms with Crippen molar-refractivity contribution in [3.8, 4) is 0 Å². The second-order valence-corrected chi connectivity index (χ2v) is 7.36. The molecule has 1 amide bonds. The first-order valence-electron chi connectivity index (χ1n) is 8.53. The highest BCUT2D eigenvalue weighted by atomic mass is 16.7. The summed E-state index contributed by atoms with van der Waals surface area (Å²) in [6, 6.07) is 0. The van der Waals surface area contributed by atoms with E-state index in [0.717, 1.165) is 5.57 Å². The third-order valence-electron chi connectivity index (χ3n) is 4.39. The van der Waals surface area contributed by atoms with Crippen molar-refractivity contribution in [2.75, 3.05) is 34.4 Å². The molecule has 0 aromatic rings. The largest absolute Gasteiger partial charge is 0.465 e. The molecule has 0 aromatic heterocycles. The van der Waals surface area contributed by atoms with Gasteiger partial charge in [0.15, 0.2) is 0 Å². The summed E-state index contributed by atoms with van der Waals surface area (Å²) in [6.07, 6.45) is -0.868. The quantitative estimate of drug-likeness (QED) is 0.430.